The third kappa shape index (κ3) is 9.69. The molecule has 2 aromatic carbocycles. The maximum Gasteiger partial charge on any atom is 0.406 e. The Morgan fingerprint density at radius 1 is 1.02 bits per heavy atom. The van der Waals surface area contributed by atoms with E-state index >= 15 is 0 Å². The summed E-state index contributed by atoms with van der Waals surface area (Å²) in [7, 11) is 3.28. The second-order valence-corrected chi connectivity index (χ2v) is 11.9. The van der Waals surface area contributed by atoms with E-state index < -0.39 is 12.2 Å². The molecule has 2 aliphatic rings. The van der Waals surface area contributed by atoms with Crippen LogP contribution in [0.2, 0.25) is 5.02 Å². The summed E-state index contributed by atoms with van der Waals surface area (Å²) in [6, 6.07) is 13.9. The van der Waals surface area contributed by atoms with Gasteiger partial charge in [0.05, 0.1) is 13.7 Å². The zero-order valence-electron chi connectivity index (χ0n) is 25.0. The van der Waals surface area contributed by atoms with E-state index in [1.165, 1.54) is 38.4 Å². The quantitative estimate of drug-likeness (QED) is 0.245. The van der Waals surface area contributed by atoms with Crippen LogP contribution in [0, 0.1) is 5.92 Å². The summed E-state index contributed by atoms with van der Waals surface area (Å²) in [6.45, 7) is 2.73. The molecule has 1 saturated carbocycles. The zero-order valence-corrected chi connectivity index (χ0v) is 25.7. The van der Waals surface area contributed by atoms with Gasteiger partial charge < -0.3 is 30.2 Å². The lowest BCUT2D eigenvalue weighted by atomic mass is 9.82. The lowest BCUT2D eigenvalue weighted by Gasteiger charge is -2.27. The van der Waals surface area contributed by atoms with Gasteiger partial charge in [0.1, 0.15) is 6.10 Å². The number of amides is 2. The van der Waals surface area contributed by atoms with Crippen LogP contribution in [0.25, 0.3) is 0 Å². The minimum atomic E-state index is -0.507. The van der Waals surface area contributed by atoms with Crippen molar-refractivity contribution in [1.29, 1.82) is 0 Å². The highest BCUT2D eigenvalue weighted by Crippen LogP contribution is 2.36. The highest BCUT2D eigenvalue weighted by molar-refractivity contribution is 6.30. The van der Waals surface area contributed by atoms with Crippen LogP contribution < -0.4 is 16.0 Å². The first-order valence-electron chi connectivity index (χ1n) is 15.3. The Kier molecular flexibility index (Phi) is 12.9. The average Bonchev–Trinajstić information content (AvgIpc) is 3.03. The molecule has 3 atom stereocenters. The molecule has 1 heterocycles. The van der Waals surface area contributed by atoms with Gasteiger partial charge in [-0.25, -0.2) is 4.79 Å². The number of hydrogen-bond donors (Lipinski definition) is 3. The van der Waals surface area contributed by atoms with Crippen molar-refractivity contribution in [1.82, 2.24) is 16.0 Å². The van der Waals surface area contributed by atoms with E-state index in [2.05, 4.69) is 32.8 Å². The molecule has 9 heteroatoms. The molecular weight excluding hydrogens is 554 g/mol. The van der Waals surface area contributed by atoms with Crippen LogP contribution in [0.5, 0.6) is 0 Å². The van der Waals surface area contributed by atoms with E-state index in [9.17, 15) is 9.59 Å². The molecule has 1 saturated heterocycles. The van der Waals surface area contributed by atoms with E-state index in [0.717, 1.165) is 50.0 Å². The lowest BCUT2D eigenvalue weighted by molar-refractivity contribution is 0.0478. The second kappa shape index (κ2) is 16.8. The third-order valence-corrected chi connectivity index (χ3v) is 8.64. The number of carbonyl (C=O) groups is 2. The first-order chi connectivity index (χ1) is 20.5. The monoisotopic (exact) mass is 599 g/mol. The van der Waals surface area contributed by atoms with Crippen LogP contribution in [0.4, 0.5) is 4.79 Å². The van der Waals surface area contributed by atoms with Gasteiger partial charge in [0.2, 0.25) is 0 Å². The number of hydrogen-bond acceptors (Lipinski definition) is 6. The molecule has 2 amide bonds. The summed E-state index contributed by atoms with van der Waals surface area (Å²) in [5.41, 5.74) is 3.59. The van der Waals surface area contributed by atoms with Gasteiger partial charge >= 0.3 is 6.09 Å². The fourth-order valence-corrected chi connectivity index (χ4v) is 6.30. The summed E-state index contributed by atoms with van der Waals surface area (Å²) in [6.07, 6.45) is 8.12. The Bertz CT molecular complexity index is 1150. The summed E-state index contributed by atoms with van der Waals surface area (Å²) in [5.74, 6) is 0.826. The number of halogens is 1. The largest absolute Gasteiger partial charge is 0.453 e. The molecular formula is C33H46ClN3O5. The average molecular weight is 600 g/mol. The van der Waals surface area contributed by atoms with Crippen molar-refractivity contribution in [2.24, 2.45) is 5.92 Å². The minimum Gasteiger partial charge on any atom is -0.453 e. The molecule has 0 spiro atoms. The number of ether oxygens (including phenoxy) is 3. The first-order valence-corrected chi connectivity index (χ1v) is 15.7. The number of methoxy groups -OCH3 is 1. The lowest BCUT2D eigenvalue weighted by Crippen LogP contribution is -2.41. The van der Waals surface area contributed by atoms with Crippen molar-refractivity contribution < 1.29 is 23.8 Å². The summed E-state index contributed by atoms with van der Waals surface area (Å²) >= 11 is 6.38. The van der Waals surface area contributed by atoms with Gasteiger partial charge in [-0.2, -0.15) is 0 Å². The minimum absolute atomic E-state index is 0.0914. The molecule has 2 aromatic rings. The molecule has 0 aromatic heterocycles. The zero-order chi connectivity index (χ0) is 29.7. The van der Waals surface area contributed by atoms with Gasteiger partial charge in [-0.05, 0) is 91.9 Å². The third-order valence-electron chi connectivity index (χ3n) is 8.40. The molecule has 8 nitrogen and oxygen atoms in total. The standard InChI is InChI=1S/C33H46ClN3O5/c1-35-30(16-23-8-7-14-41-22-23)21-37-32(38)28-18-26(24-9-4-3-5-10-24)17-27(19-28)31(25-11-6-12-29(34)20-25)42-15-13-36-33(39)40-2/h6,11-12,17-20,23-24,30-31,35H,3-5,7-10,13-16,21-22H2,1-2H3,(H,36,39)(H,37,38)/t23-,30+,31?/m1/s1. The molecule has 3 N–H and O–H groups in total. The predicted octanol–water partition coefficient (Wildman–Crippen LogP) is 5.98. The summed E-state index contributed by atoms with van der Waals surface area (Å²) in [4.78, 5) is 25.2. The van der Waals surface area contributed by atoms with E-state index in [4.69, 9.17) is 21.1 Å². The molecule has 42 heavy (non-hydrogen) atoms. The van der Waals surface area contributed by atoms with Crippen molar-refractivity contribution in [2.45, 2.75) is 69.4 Å². The Hall–Kier alpha value is -2.65. The molecule has 0 bridgehead atoms. The van der Waals surface area contributed by atoms with Gasteiger partial charge in [-0.3, -0.25) is 4.79 Å². The predicted molar refractivity (Wildman–Crippen MR) is 165 cm³/mol. The fraction of sp³-hybridized carbons (Fsp3) is 0.576. The van der Waals surface area contributed by atoms with Crippen LogP contribution in [0.15, 0.2) is 42.5 Å². The van der Waals surface area contributed by atoms with Crippen molar-refractivity contribution in [3.8, 4) is 0 Å². The van der Waals surface area contributed by atoms with Crippen LogP contribution >= 0.6 is 11.6 Å². The number of benzene rings is 2. The van der Waals surface area contributed by atoms with Gasteiger partial charge in [0.15, 0.2) is 0 Å². The topological polar surface area (TPSA) is 97.9 Å². The normalized spacial score (nSPS) is 19.1. The van der Waals surface area contributed by atoms with Crippen LogP contribution in [0.3, 0.4) is 0 Å². The second-order valence-electron chi connectivity index (χ2n) is 11.5. The van der Waals surface area contributed by atoms with Gasteiger partial charge in [-0.15, -0.1) is 0 Å². The number of likely N-dealkylation sites (N-methyl/N-ethyl adjacent to an activating group) is 1. The highest BCUT2D eigenvalue weighted by atomic mass is 35.5. The SMILES string of the molecule is CN[C@H](CNC(=O)c1cc(C2CCCCC2)cc(C(OCCNC(=O)OC)c2cccc(Cl)c2)c1)C[C@H]1CCCOC1. The van der Waals surface area contributed by atoms with Crippen LogP contribution in [0.1, 0.15) is 90.4 Å². The number of carbonyl (C=O) groups excluding carboxylic acids is 2. The number of alkyl carbamates (subject to hydrolysis) is 1. The van der Waals surface area contributed by atoms with Crippen LogP contribution in [-0.2, 0) is 14.2 Å². The molecule has 230 valence electrons. The molecule has 1 aliphatic carbocycles. The number of nitrogens with one attached hydrogen (secondary N) is 3. The molecule has 1 aliphatic heterocycles. The number of rotatable bonds is 13. The van der Waals surface area contributed by atoms with Crippen LogP contribution in [-0.4, -0.2) is 65.1 Å². The maximum absolute atomic E-state index is 13.6. The van der Waals surface area contributed by atoms with E-state index in [1.54, 1.807) is 0 Å². The van der Waals surface area contributed by atoms with Gasteiger partial charge in [0, 0.05) is 42.9 Å². The van der Waals surface area contributed by atoms with Crippen molar-refractivity contribution in [3.63, 3.8) is 0 Å². The molecule has 1 unspecified atom stereocenters. The summed E-state index contributed by atoms with van der Waals surface area (Å²) in [5, 5.41) is 9.84. The molecule has 2 fully saturated rings. The Morgan fingerprint density at radius 2 is 1.86 bits per heavy atom. The van der Waals surface area contributed by atoms with Crippen molar-refractivity contribution >= 4 is 23.6 Å². The highest BCUT2D eigenvalue weighted by Gasteiger charge is 2.24. The van der Waals surface area contributed by atoms with E-state index in [-0.39, 0.29) is 25.1 Å². The Balaban J connectivity index is 1.57. The van der Waals surface area contributed by atoms with E-state index in [1.807, 2.05) is 37.4 Å². The molecule has 0 radical (unpaired) electrons. The van der Waals surface area contributed by atoms with Crippen molar-refractivity contribution in [3.05, 3.63) is 69.7 Å². The Labute approximate surface area is 255 Å². The maximum atomic E-state index is 13.6. The van der Waals surface area contributed by atoms with Gasteiger partial charge in [-0.1, -0.05) is 49.1 Å². The smallest absolute Gasteiger partial charge is 0.406 e. The first kappa shape index (κ1) is 32.3. The van der Waals surface area contributed by atoms with E-state index in [0.29, 0.717) is 29.0 Å². The van der Waals surface area contributed by atoms with Gasteiger partial charge in [0.25, 0.3) is 5.91 Å². The Morgan fingerprint density at radius 3 is 2.57 bits per heavy atom. The molecule has 4 rings (SSSR count). The summed E-state index contributed by atoms with van der Waals surface area (Å²) < 4.78 is 16.7. The fourth-order valence-electron chi connectivity index (χ4n) is 6.10. The van der Waals surface area contributed by atoms with Crippen molar-refractivity contribution in [2.75, 3.05) is 47.1 Å².